The molecule has 2 aromatic rings. The van der Waals surface area contributed by atoms with Gasteiger partial charge in [0.05, 0.1) is 12.0 Å². The average Bonchev–Trinajstić information content (AvgIpc) is 3.07. The van der Waals surface area contributed by atoms with Gasteiger partial charge in [0.25, 0.3) is 5.91 Å². The van der Waals surface area contributed by atoms with Crippen LogP contribution in [0.1, 0.15) is 23.7 Å². The van der Waals surface area contributed by atoms with Crippen molar-refractivity contribution in [3.63, 3.8) is 0 Å². The Morgan fingerprint density at radius 3 is 2.73 bits per heavy atom. The van der Waals surface area contributed by atoms with E-state index in [9.17, 15) is 9.59 Å². The van der Waals surface area contributed by atoms with Gasteiger partial charge in [-0.05, 0) is 31.2 Å². The molecule has 0 unspecified atom stereocenters. The van der Waals surface area contributed by atoms with Gasteiger partial charge in [-0.3, -0.25) is 9.59 Å². The van der Waals surface area contributed by atoms with Crippen LogP contribution in [0.5, 0.6) is 11.5 Å². The van der Waals surface area contributed by atoms with E-state index in [1.807, 2.05) is 0 Å². The van der Waals surface area contributed by atoms with Gasteiger partial charge >= 0.3 is 0 Å². The van der Waals surface area contributed by atoms with Crippen molar-refractivity contribution >= 4 is 28.9 Å². The minimum Gasteiger partial charge on any atom is -0.454 e. The monoisotopic (exact) mass is 354 g/mol. The molecule has 2 amide bonds. The lowest BCUT2D eigenvalue weighted by atomic mass is 10.2. The number of benzene rings is 2. The normalized spacial score (nSPS) is 12.6. The molecule has 2 aromatic carbocycles. The van der Waals surface area contributed by atoms with Crippen molar-refractivity contribution in [2.75, 3.05) is 17.8 Å². The first-order valence-electron chi connectivity index (χ1n) is 7.90. The zero-order valence-electron chi connectivity index (χ0n) is 14.1. The number of carbonyl (C=O) groups is 2. The van der Waals surface area contributed by atoms with Gasteiger partial charge in [-0.15, -0.1) is 0 Å². The van der Waals surface area contributed by atoms with Crippen molar-refractivity contribution in [3.05, 3.63) is 48.0 Å². The van der Waals surface area contributed by atoms with Gasteiger partial charge in [0.2, 0.25) is 12.7 Å². The summed E-state index contributed by atoms with van der Waals surface area (Å²) in [6.07, 6.45) is 0.0268. The molecule has 0 aliphatic carbocycles. The molecule has 8 nitrogen and oxygen atoms in total. The van der Waals surface area contributed by atoms with E-state index in [0.717, 1.165) is 0 Å². The number of rotatable bonds is 5. The zero-order chi connectivity index (χ0) is 18.5. The Morgan fingerprint density at radius 2 is 1.92 bits per heavy atom. The summed E-state index contributed by atoms with van der Waals surface area (Å²) < 4.78 is 10.5. The van der Waals surface area contributed by atoms with Crippen molar-refractivity contribution in [1.29, 1.82) is 0 Å². The molecule has 4 N–H and O–H groups in total. The van der Waals surface area contributed by atoms with Crippen LogP contribution in [0, 0.1) is 0 Å². The molecule has 134 valence electrons. The third-order valence-electron chi connectivity index (χ3n) is 3.63. The highest BCUT2D eigenvalue weighted by Gasteiger charge is 2.14. The third-order valence-corrected chi connectivity index (χ3v) is 3.63. The number of nitrogen functional groups attached to an aromatic ring is 1. The molecular formula is C18H18N4O4. The third kappa shape index (κ3) is 4.10. The fourth-order valence-corrected chi connectivity index (χ4v) is 2.36. The lowest BCUT2D eigenvalue weighted by molar-refractivity contribution is -0.115. The SMILES string of the molecule is C/C(CC(=O)Nc1ccc2c(c1)OCO2)=N/NC(=O)c1ccccc1N. The van der Waals surface area contributed by atoms with E-state index < -0.39 is 5.91 Å². The smallest absolute Gasteiger partial charge is 0.273 e. The Labute approximate surface area is 150 Å². The van der Waals surface area contributed by atoms with E-state index in [1.165, 1.54) is 0 Å². The minimum atomic E-state index is -0.432. The Hall–Kier alpha value is -3.55. The Morgan fingerprint density at radius 1 is 1.15 bits per heavy atom. The number of nitrogens with zero attached hydrogens (tertiary/aromatic N) is 1. The number of para-hydroxylation sites is 1. The highest BCUT2D eigenvalue weighted by Crippen LogP contribution is 2.34. The van der Waals surface area contributed by atoms with Crippen LogP contribution in [-0.4, -0.2) is 24.3 Å². The molecule has 0 radical (unpaired) electrons. The van der Waals surface area contributed by atoms with Crippen LogP contribution >= 0.6 is 0 Å². The number of anilines is 2. The van der Waals surface area contributed by atoms with Gasteiger partial charge in [-0.1, -0.05) is 12.1 Å². The Kier molecular flexibility index (Phi) is 5.02. The second-order valence-corrected chi connectivity index (χ2v) is 5.67. The molecule has 0 bridgehead atoms. The van der Waals surface area contributed by atoms with Crippen LogP contribution < -0.4 is 25.9 Å². The van der Waals surface area contributed by atoms with Crippen molar-refractivity contribution in [2.45, 2.75) is 13.3 Å². The largest absolute Gasteiger partial charge is 0.454 e. The van der Waals surface area contributed by atoms with E-state index in [0.29, 0.717) is 34.1 Å². The standard InChI is InChI=1S/C18H18N4O4/c1-11(21-22-18(24)13-4-2-3-5-14(13)19)8-17(23)20-12-6-7-15-16(9-12)26-10-25-15/h2-7,9H,8,10,19H2,1H3,(H,20,23)(H,22,24)/b21-11-. The molecule has 0 fully saturated rings. The fraction of sp³-hybridized carbons (Fsp3) is 0.167. The number of fused-ring (bicyclic) bond motifs is 1. The highest BCUT2D eigenvalue weighted by molar-refractivity contribution is 6.06. The van der Waals surface area contributed by atoms with Crippen LogP contribution in [0.2, 0.25) is 0 Å². The highest BCUT2D eigenvalue weighted by atomic mass is 16.7. The second kappa shape index (κ2) is 7.56. The molecule has 0 aromatic heterocycles. The molecule has 0 spiro atoms. The molecule has 1 aliphatic rings. The quantitative estimate of drug-likeness (QED) is 0.432. The van der Waals surface area contributed by atoms with Crippen LogP contribution in [0.15, 0.2) is 47.6 Å². The summed E-state index contributed by atoms with van der Waals surface area (Å²) in [5, 5.41) is 6.68. The summed E-state index contributed by atoms with van der Waals surface area (Å²) in [5.74, 6) is 0.529. The summed E-state index contributed by atoms with van der Waals surface area (Å²) in [7, 11) is 0. The number of hydrogen-bond acceptors (Lipinski definition) is 6. The summed E-state index contributed by atoms with van der Waals surface area (Å²) in [5.41, 5.74) is 9.86. The molecule has 1 aliphatic heterocycles. The maximum absolute atomic E-state index is 12.1. The number of nitrogens with one attached hydrogen (secondary N) is 2. The molecular weight excluding hydrogens is 336 g/mol. The summed E-state index contributed by atoms with van der Waals surface area (Å²) in [6.45, 7) is 1.82. The lowest BCUT2D eigenvalue weighted by Gasteiger charge is -2.07. The van der Waals surface area contributed by atoms with E-state index in [4.69, 9.17) is 15.2 Å². The van der Waals surface area contributed by atoms with Gasteiger partial charge in [0, 0.05) is 23.2 Å². The molecule has 0 saturated heterocycles. The van der Waals surface area contributed by atoms with E-state index in [-0.39, 0.29) is 19.1 Å². The molecule has 26 heavy (non-hydrogen) atoms. The number of carbonyl (C=O) groups excluding carboxylic acids is 2. The van der Waals surface area contributed by atoms with Crippen molar-refractivity contribution in [2.24, 2.45) is 5.10 Å². The molecule has 1 heterocycles. The number of hydrazone groups is 1. The average molecular weight is 354 g/mol. The number of hydrogen-bond donors (Lipinski definition) is 3. The van der Waals surface area contributed by atoms with Gasteiger partial charge in [0.1, 0.15) is 0 Å². The van der Waals surface area contributed by atoms with Crippen molar-refractivity contribution in [1.82, 2.24) is 5.43 Å². The predicted molar refractivity (Wildman–Crippen MR) is 97.2 cm³/mol. The maximum atomic E-state index is 12.1. The van der Waals surface area contributed by atoms with E-state index >= 15 is 0 Å². The van der Waals surface area contributed by atoms with Crippen LogP contribution in [0.3, 0.4) is 0 Å². The minimum absolute atomic E-state index is 0.0268. The number of ether oxygens (including phenoxy) is 2. The van der Waals surface area contributed by atoms with Crippen LogP contribution in [0.25, 0.3) is 0 Å². The Bertz CT molecular complexity index is 879. The van der Waals surface area contributed by atoms with Gasteiger partial charge in [0.15, 0.2) is 11.5 Å². The first kappa shape index (κ1) is 17.3. The topological polar surface area (TPSA) is 115 Å². The zero-order valence-corrected chi connectivity index (χ0v) is 14.1. The molecule has 3 rings (SSSR count). The Balaban J connectivity index is 1.54. The molecule has 8 heteroatoms. The first-order valence-corrected chi connectivity index (χ1v) is 7.90. The summed E-state index contributed by atoms with van der Waals surface area (Å²) >= 11 is 0. The van der Waals surface area contributed by atoms with Crippen LogP contribution in [-0.2, 0) is 4.79 Å². The van der Waals surface area contributed by atoms with Gasteiger partial charge < -0.3 is 20.5 Å². The predicted octanol–water partition coefficient (Wildman–Crippen LogP) is 2.13. The van der Waals surface area contributed by atoms with Gasteiger partial charge in [-0.25, -0.2) is 5.43 Å². The lowest BCUT2D eigenvalue weighted by Crippen LogP contribution is -2.22. The summed E-state index contributed by atoms with van der Waals surface area (Å²) in [6, 6.07) is 11.8. The van der Waals surface area contributed by atoms with E-state index in [1.54, 1.807) is 49.4 Å². The maximum Gasteiger partial charge on any atom is 0.273 e. The first-order chi connectivity index (χ1) is 12.5. The number of amides is 2. The molecule has 0 atom stereocenters. The van der Waals surface area contributed by atoms with Crippen LogP contribution in [0.4, 0.5) is 11.4 Å². The number of nitrogens with two attached hydrogens (primary N) is 1. The fourth-order valence-electron chi connectivity index (χ4n) is 2.36. The van der Waals surface area contributed by atoms with E-state index in [2.05, 4.69) is 15.8 Å². The molecule has 0 saturated carbocycles. The van der Waals surface area contributed by atoms with Crippen molar-refractivity contribution < 1.29 is 19.1 Å². The summed E-state index contributed by atoms with van der Waals surface area (Å²) in [4.78, 5) is 24.1. The second-order valence-electron chi connectivity index (χ2n) is 5.67. The van der Waals surface area contributed by atoms with Crippen molar-refractivity contribution in [3.8, 4) is 11.5 Å². The van der Waals surface area contributed by atoms with Gasteiger partial charge in [-0.2, -0.15) is 5.10 Å².